The summed E-state index contributed by atoms with van der Waals surface area (Å²) in [6.07, 6.45) is 0.953. The van der Waals surface area contributed by atoms with Crippen LogP contribution in [-0.4, -0.2) is 19.1 Å². The molecule has 1 unspecified atom stereocenters. The molecule has 0 radical (unpaired) electrons. The van der Waals surface area contributed by atoms with Crippen LogP contribution >= 0.6 is 0 Å². The molecule has 17 heavy (non-hydrogen) atoms. The van der Waals surface area contributed by atoms with Gasteiger partial charge in [0.2, 0.25) is 5.91 Å². The average molecular weight is 236 g/mol. The van der Waals surface area contributed by atoms with E-state index in [4.69, 9.17) is 10.5 Å². The Kier molecular flexibility index (Phi) is 5.49. The van der Waals surface area contributed by atoms with E-state index in [0.717, 1.165) is 24.3 Å². The Morgan fingerprint density at radius 2 is 2.24 bits per heavy atom. The van der Waals surface area contributed by atoms with Crippen LogP contribution in [0.2, 0.25) is 0 Å². The van der Waals surface area contributed by atoms with Crippen molar-refractivity contribution in [3.8, 4) is 5.75 Å². The third-order valence-corrected chi connectivity index (χ3v) is 2.39. The molecule has 0 aliphatic rings. The molecule has 0 spiro atoms. The molecule has 1 aromatic rings. The van der Waals surface area contributed by atoms with Gasteiger partial charge in [0.25, 0.3) is 0 Å². The molecule has 0 aromatic heterocycles. The summed E-state index contributed by atoms with van der Waals surface area (Å²) in [5.41, 5.74) is 6.24. The molecule has 4 heteroatoms. The minimum Gasteiger partial charge on any atom is -0.494 e. The van der Waals surface area contributed by atoms with Crippen LogP contribution < -0.4 is 15.8 Å². The fourth-order valence-electron chi connectivity index (χ4n) is 1.62. The second-order valence-electron chi connectivity index (χ2n) is 3.80. The second kappa shape index (κ2) is 6.91. The molecule has 1 rings (SSSR count). The first-order valence-corrected chi connectivity index (χ1v) is 5.94. The highest BCUT2D eigenvalue weighted by atomic mass is 16.5. The van der Waals surface area contributed by atoms with E-state index in [-0.39, 0.29) is 5.91 Å². The van der Waals surface area contributed by atoms with Crippen molar-refractivity contribution in [3.05, 3.63) is 29.8 Å². The highest BCUT2D eigenvalue weighted by Crippen LogP contribution is 2.19. The highest BCUT2D eigenvalue weighted by molar-refractivity contribution is 5.81. The van der Waals surface area contributed by atoms with Crippen molar-refractivity contribution in [1.29, 1.82) is 0 Å². The van der Waals surface area contributed by atoms with E-state index < -0.39 is 6.04 Å². The van der Waals surface area contributed by atoms with Crippen LogP contribution in [0, 0.1) is 0 Å². The van der Waals surface area contributed by atoms with E-state index in [1.54, 1.807) is 0 Å². The maximum atomic E-state index is 11.4. The minimum atomic E-state index is -0.449. The number of rotatable bonds is 7. The van der Waals surface area contributed by atoms with Gasteiger partial charge < -0.3 is 15.8 Å². The van der Waals surface area contributed by atoms with Crippen LogP contribution in [0.5, 0.6) is 5.75 Å². The first-order chi connectivity index (χ1) is 8.19. The Hall–Kier alpha value is -1.55. The fraction of sp³-hybridized carbons (Fsp3) is 0.462. The van der Waals surface area contributed by atoms with Crippen molar-refractivity contribution in [2.24, 2.45) is 5.73 Å². The number of benzene rings is 1. The molecule has 94 valence electrons. The molecular formula is C13H20N2O2. The summed E-state index contributed by atoms with van der Waals surface area (Å²) in [5, 5.41) is 3.12. The van der Waals surface area contributed by atoms with E-state index in [2.05, 4.69) is 5.32 Å². The molecular weight excluding hydrogens is 216 g/mol. The van der Waals surface area contributed by atoms with Gasteiger partial charge in [-0.2, -0.15) is 0 Å². The lowest BCUT2D eigenvalue weighted by Gasteiger charge is -2.16. The third kappa shape index (κ3) is 4.07. The number of nitrogens with two attached hydrogens (primary N) is 1. The zero-order valence-corrected chi connectivity index (χ0v) is 10.4. The van der Waals surface area contributed by atoms with Gasteiger partial charge in [-0.15, -0.1) is 0 Å². The van der Waals surface area contributed by atoms with Crippen LogP contribution in [-0.2, 0) is 4.79 Å². The number of hydrogen-bond donors (Lipinski definition) is 2. The SMILES string of the molecule is CCCNC(C(N)=O)c1cccc(OCC)c1. The topological polar surface area (TPSA) is 64.3 Å². The summed E-state index contributed by atoms with van der Waals surface area (Å²) >= 11 is 0. The van der Waals surface area contributed by atoms with Gasteiger partial charge in [0.15, 0.2) is 0 Å². The molecule has 0 bridgehead atoms. The standard InChI is InChI=1S/C13H20N2O2/c1-3-8-15-12(13(14)16)10-6-5-7-11(9-10)17-4-2/h5-7,9,12,15H,3-4,8H2,1-2H3,(H2,14,16). The van der Waals surface area contributed by atoms with E-state index in [0.29, 0.717) is 6.61 Å². The molecule has 0 fully saturated rings. The lowest BCUT2D eigenvalue weighted by Crippen LogP contribution is -2.34. The molecule has 4 nitrogen and oxygen atoms in total. The van der Waals surface area contributed by atoms with E-state index in [1.165, 1.54) is 0 Å². The lowest BCUT2D eigenvalue weighted by molar-refractivity contribution is -0.120. The van der Waals surface area contributed by atoms with Gasteiger partial charge >= 0.3 is 0 Å². The van der Waals surface area contributed by atoms with Crippen LogP contribution in [0.1, 0.15) is 31.9 Å². The summed E-state index contributed by atoms with van der Waals surface area (Å²) in [7, 11) is 0. The summed E-state index contributed by atoms with van der Waals surface area (Å²) in [6.45, 7) is 5.33. The van der Waals surface area contributed by atoms with Crippen molar-refractivity contribution in [3.63, 3.8) is 0 Å². The average Bonchev–Trinajstić information content (AvgIpc) is 2.30. The van der Waals surface area contributed by atoms with Crippen molar-refractivity contribution in [2.45, 2.75) is 26.3 Å². The highest BCUT2D eigenvalue weighted by Gasteiger charge is 2.16. The number of carbonyl (C=O) groups is 1. The Labute approximate surface area is 102 Å². The summed E-state index contributed by atoms with van der Waals surface area (Å²) in [6, 6.07) is 7.01. The smallest absolute Gasteiger partial charge is 0.239 e. The van der Waals surface area contributed by atoms with Gasteiger partial charge in [0.1, 0.15) is 11.8 Å². The molecule has 0 saturated carbocycles. The Morgan fingerprint density at radius 1 is 1.47 bits per heavy atom. The third-order valence-electron chi connectivity index (χ3n) is 2.39. The quantitative estimate of drug-likeness (QED) is 0.756. The minimum absolute atomic E-state index is 0.368. The zero-order valence-electron chi connectivity index (χ0n) is 10.4. The van der Waals surface area contributed by atoms with Crippen LogP contribution in [0.25, 0.3) is 0 Å². The number of hydrogen-bond acceptors (Lipinski definition) is 3. The van der Waals surface area contributed by atoms with Gasteiger partial charge in [-0.05, 0) is 37.6 Å². The molecule has 3 N–H and O–H groups in total. The maximum absolute atomic E-state index is 11.4. The molecule has 1 amide bonds. The predicted octanol–water partition coefficient (Wildman–Crippen LogP) is 1.61. The number of carbonyl (C=O) groups excluding carboxylic acids is 1. The van der Waals surface area contributed by atoms with Crippen LogP contribution in [0.3, 0.4) is 0 Å². The first-order valence-electron chi connectivity index (χ1n) is 5.94. The van der Waals surface area contributed by atoms with Gasteiger partial charge in [-0.1, -0.05) is 19.1 Å². The fourth-order valence-corrected chi connectivity index (χ4v) is 1.62. The summed E-state index contributed by atoms with van der Waals surface area (Å²) in [4.78, 5) is 11.4. The van der Waals surface area contributed by atoms with E-state index in [9.17, 15) is 4.79 Å². The van der Waals surface area contributed by atoms with Gasteiger partial charge in [0.05, 0.1) is 6.61 Å². The predicted molar refractivity (Wildman–Crippen MR) is 67.8 cm³/mol. The number of amides is 1. The van der Waals surface area contributed by atoms with Crippen molar-refractivity contribution in [2.75, 3.05) is 13.2 Å². The lowest BCUT2D eigenvalue weighted by atomic mass is 10.1. The number of primary amides is 1. The Bertz CT molecular complexity index is 366. The normalized spacial score (nSPS) is 12.1. The number of nitrogens with one attached hydrogen (secondary N) is 1. The molecule has 0 aliphatic carbocycles. The molecule has 1 atom stereocenters. The largest absolute Gasteiger partial charge is 0.494 e. The monoisotopic (exact) mass is 236 g/mol. The van der Waals surface area contributed by atoms with Gasteiger partial charge in [-0.3, -0.25) is 4.79 Å². The molecule has 0 heterocycles. The molecule has 0 saturated heterocycles. The van der Waals surface area contributed by atoms with E-state index >= 15 is 0 Å². The molecule has 0 aliphatic heterocycles. The maximum Gasteiger partial charge on any atom is 0.239 e. The number of ether oxygens (including phenoxy) is 1. The van der Waals surface area contributed by atoms with Crippen molar-refractivity contribution in [1.82, 2.24) is 5.32 Å². The Balaban J connectivity index is 2.85. The first kappa shape index (κ1) is 13.5. The van der Waals surface area contributed by atoms with E-state index in [1.807, 2.05) is 38.1 Å². The molecule has 1 aromatic carbocycles. The van der Waals surface area contributed by atoms with Crippen LogP contribution in [0.15, 0.2) is 24.3 Å². The van der Waals surface area contributed by atoms with Crippen molar-refractivity contribution >= 4 is 5.91 Å². The summed E-state index contributed by atoms with van der Waals surface area (Å²) < 4.78 is 5.40. The van der Waals surface area contributed by atoms with Gasteiger partial charge in [-0.25, -0.2) is 0 Å². The van der Waals surface area contributed by atoms with Crippen LogP contribution in [0.4, 0.5) is 0 Å². The Morgan fingerprint density at radius 3 is 2.82 bits per heavy atom. The van der Waals surface area contributed by atoms with Gasteiger partial charge in [0, 0.05) is 0 Å². The zero-order chi connectivity index (χ0) is 12.7. The summed E-state index contributed by atoms with van der Waals surface area (Å²) in [5.74, 6) is 0.390. The van der Waals surface area contributed by atoms with Crippen molar-refractivity contribution < 1.29 is 9.53 Å². The second-order valence-corrected chi connectivity index (χ2v) is 3.80.